The number of pyridine rings is 2. The number of fused-ring (bicyclic) bond motifs is 3. The summed E-state index contributed by atoms with van der Waals surface area (Å²) < 4.78 is 15.9. The van der Waals surface area contributed by atoms with E-state index in [1.165, 1.54) is 15.5 Å². The molecule has 0 fully saturated rings. The molecular formula is C41H38GeIrN2O-2. The van der Waals surface area contributed by atoms with Crippen molar-refractivity contribution < 1.29 is 25.9 Å². The summed E-state index contributed by atoms with van der Waals surface area (Å²) in [5, 5.41) is 2.12. The summed E-state index contributed by atoms with van der Waals surface area (Å²) >= 11 is -1.77. The van der Waals surface area contributed by atoms with E-state index in [9.17, 15) is 0 Å². The van der Waals surface area contributed by atoms with Gasteiger partial charge >= 0.3 is 106 Å². The van der Waals surface area contributed by atoms with Crippen LogP contribution in [0.2, 0.25) is 17.3 Å². The quantitative estimate of drug-likeness (QED) is 0.128. The zero-order valence-electron chi connectivity index (χ0n) is 28.1. The van der Waals surface area contributed by atoms with Gasteiger partial charge < -0.3 is 9.40 Å². The van der Waals surface area contributed by atoms with E-state index >= 15 is 0 Å². The molecule has 0 saturated carbocycles. The van der Waals surface area contributed by atoms with Crippen molar-refractivity contribution >= 4 is 39.6 Å². The molecule has 0 aliphatic heterocycles. The van der Waals surface area contributed by atoms with Gasteiger partial charge in [0.05, 0.1) is 5.58 Å². The molecule has 46 heavy (non-hydrogen) atoms. The van der Waals surface area contributed by atoms with Crippen LogP contribution in [0.15, 0.2) is 120 Å². The van der Waals surface area contributed by atoms with Gasteiger partial charge in [0.25, 0.3) is 0 Å². The normalized spacial score (nSPS) is 11.8. The van der Waals surface area contributed by atoms with Crippen LogP contribution in [0.1, 0.15) is 32.2 Å². The molecule has 0 spiro atoms. The number of rotatable bonds is 5. The van der Waals surface area contributed by atoms with Crippen molar-refractivity contribution in [3.05, 3.63) is 139 Å². The summed E-state index contributed by atoms with van der Waals surface area (Å²) in [5.41, 5.74) is 10.1. The molecule has 0 bridgehead atoms. The Kier molecular flexibility index (Phi) is 9.98. The van der Waals surface area contributed by atoms with Crippen LogP contribution in [-0.4, -0.2) is 23.2 Å². The van der Waals surface area contributed by atoms with Crippen LogP contribution < -0.4 is 4.40 Å². The third kappa shape index (κ3) is 7.42. The number of nitrogens with zero attached hydrogens (tertiary/aromatic N) is 2. The van der Waals surface area contributed by atoms with Gasteiger partial charge in [0.2, 0.25) is 0 Å². The number of hydrogen-bond donors (Lipinski definition) is 0. The first-order valence-electron chi connectivity index (χ1n) is 15.8. The summed E-state index contributed by atoms with van der Waals surface area (Å²) in [6.45, 7) is 5.96. The Bertz CT molecular complexity index is 2130. The number of aromatic nitrogens is 2. The molecule has 0 N–H and O–H groups in total. The number of benzene rings is 4. The second-order valence-electron chi connectivity index (χ2n) is 12.6. The summed E-state index contributed by atoms with van der Waals surface area (Å²) in [5.74, 6) is 6.53. The van der Waals surface area contributed by atoms with Crippen molar-refractivity contribution in [1.82, 2.24) is 9.97 Å². The Balaban J connectivity index is 0.000000207. The van der Waals surface area contributed by atoms with Crippen LogP contribution in [0.3, 0.4) is 0 Å². The van der Waals surface area contributed by atoms with Gasteiger partial charge in [-0.15, -0.1) is 23.8 Å². The van der Waals surface area contributed by atoms with Crippen molar-refractivity contribution in [2.45, 2.75) is 43.9 Å². The number of hydrogen-bond acceptors (Lipinski definition) is 3. The zero-order valence-corrected chi connectivity index (χ0v) is 31.6. The molecule has 233 valence electrons. The topological polar surface area (TPSA) is 38.9 Å². The minimum absolute atomic E-state index is 0. The predicted molar refractivity (Wildman–Crippen MR) is 192 cm³/mol. The smallest absolute Gasteiger partial charge is 0.121 e. The van der Waals surface area contributed by atoms with Gasteiger partial charge in [0.1, 0.15) is 5.58 Å². The molecule has 3 aromatic heterocycles. The largest absolute Gasteiger partial charge is 0.500 e. The average Bonchev–Trinajstić information content (AvgIpc) is 3.42. The van der Waals surface area contributed by atoms with Gasteiger partial charge in [0.15, 0.2) is 0 Å². The zero-order chi connectivity index (χ0) is 32.5. The SMILES string of the molecule is Cc1cc(-c2[c-]cccc2)nc[c]1[Ge]([CH3])([CH3])[CH3].[2H]C(C)(C)c1ccnc(-c2[c-]cc3oc4cc(-c5ccccc5)ccc4c3c2)c1.[Ir]. The van der Waals surface area contributed by atoms with Gasteiger partial charge in [-0.2, -0.15) is 0 Å². The Labute approximate surface area is 290 Å². The van der Waals surface area contributed by atoms with Crippen molar-refractivity contribution in [3.63, 3.8) is 0 Å². The molecule has 1 radical (unpaired) electrons. The van der Waals surface area contributed by atoms with Gasteiger partial charge in [-0.05, 0) is 34.8 Å². The first-order chi connectivity index (χ1) is 22.0. The summed E-state index contributed by atoms with van der Waals surface area (Å²) in [4.78, 5) is 9.09. The van der Waals surface area contributed by atoms with Gasteiger partial charge in [-0.1, -0.05) is 73.3 Å². The van der Waals surface area contributed by atoms with Crippen molar-refractivity contribution in [3.8, 4) is 33.6 Å². The van der Waals surface area contributed by atoms with Gasteiger partial charge in [-0.25, -0.2) is 0 Å². The fourth-order valence-electron chi connectivity index (χ4n) is 5.61. The van der Waals surface area contributed by atoms with E-state index in [4.69, 9.17) is 5.79 Å². The molecule has 3 heterocycles. The van der Waals surface area contributed by atoms with Crippen LogP contribution in [0.4, 0.5) is 0 Å². The Morgan fingerprint density at radius 2 is 1.50 bits per heavy atom. The minimum Gasteiger partial charge on any atom is -0.500 e. The Morgan fingerprint density at radius 3 is 2.20 bits per heavy atom. The number of aryl methyl sites for hydroxylation is 1. The maximum atomic E-state index is 8.28. The van der Waals surface area contributed by atoms with E-state index in [0.29, 0.717) is 0 Å². The van der Waals surface area contributed by atoms with Crippen LogP contribution in [-0.2, 0) is 20.1 Å². The van der Waals surface area contributed by atoms with Crippen LogP contribution >= 0.6 is 0 Å². The van der Waals surface area contributed by atoms with E-state index in [1.807, 2.05) is 68.4 Å². The maximum absolute atomic E-state index is 8.28. The molecule has 0 unspecified atom stereocenters. The van der Waals surface area contributed by atoms with Crippen LogP contribution in [0.25, 0.3) is 55.6 Å². The molecule has 0 saturated heterocycles. The molecule has 7 aromatic rings. The molecule has 7 rings (SSSR count). The van der Waals surface area contributed by atoms with E-state index in [2.05, 4.69) is 101 Å². The van der Waals surface area contributed by atoms with E-state index in [0.717, 1.165) is 55.6 Å². The van der Waals surface area contributed by atoms with Crippen molar-refractivity contribution in [2.75, 3.05) is 0 Å². The fraction of sp³-hybridized carbons (Fsp3) is 0.171. The summed E-state index contributed by atoms with van der Waals surface area (Å²) in [6, 6.07) is 41.2. The molecule has 0 amide bonds. The minimum atomic E-state index is -1.77. The van der Waals surface area contributed by atoms with Crippen molar-refractivity contribution in [1.29, 1.82) is 0 Å². The van der Waals surface area contributed by atoms with Gasteiger partial charge in [-0.3, -0.25) is 0 Å². The van der Waals surface area contributed by atoms with E-state index in [-0.39, 0.29) is 20.1 Å². The fourth-order valence-corrected chi connectivity index (χ4v) is 9.19. The molecule has 0 aliphatic carbocycles. The van der Waals surface area contributed by atoms with E-state index < -0.39 is 19.2 Å². The van der Waals surface area contributed by atoms with Crippen molar-refractivity contribution in [2.24, 2.45) is 0 Å². The van der Waals surface area contributed by atoms with Gasteiger partial charge in [0, 0.05) is 33.1 Å². The molecule has 5 heteroatoms. The molecule has 0 aliphatic rings. The second kappa shape index (κ2) is 14.3. The van der Waals surface area contributed by atoms with Crippen LogP contribution in [0.5, 0.6) is 0 Å². The standard InChI is InChI=1S/C26H20NO.C15H18GeN.Ir/c1-17(2)19-12-13-27-24(15-19)21-9-11-25-23(14-21)22-10-8-20(16-26(22)28-25)18-6-4-3-5-7-18;1-12-10-15(13-8-6-5-7-9-13)17-11-14(12)16(2,3)4;/h3-8,10-17H,1-2H3;5-8,10-11H,1-4H3;/q2*-1;/i17D;;. The summed E-state index contributed by atoms with van der Waals surface area (Å²) in [7, 11) is 0. The second-order valence-corrected chi connectivity index (χ2v) is 23.2. The van der Waals surface area contributed by atoms with Crippen LogP contribution in [0, 0.1) is 19.1 Å². The first-order valence-corrected chi connectivity index (χ1v) is 22.7. The first kappa shape index (κ1) is 32.1. The molecular weight excluding hydrogens is 801 g/mol. The number of furan rings is 1. The van der Waals surface area contributed by atoms with E-state index in [1.54, 1.807) is 6.20 Å². The third-order valence-electron chi connectivity index (χ3n) is 8.03. The molecule has 0 atom stereocenters. The molecule has 4 aromatic carbocycles. The maximum Gasteiger partial charge on any atom is 0.121 e. The third-order valence-corrected chi connectivity index (χ3v) is 12.5. The summed E-state index contributed by atoms with van der Waals surface area (Å²) in [6.07, 6.45) is 3.84. The Morgan fingerprint density at radius 1 is 0.739 bits per heavy atom. The monoisotopic (exact) mass is 842 g/mol. The molecule has 3 nitrogen and oxygen atoms in total. The Hall–Kier alpha value is -3.83. The average molecular weight is 841 g/mol. The predicted octanol–water partition coefficient (Wildman–Crippen LogP) is 10.6.